The summed E-state index contributed by atoms with van der Waals surface area (Å²) in [5.41, 5.74) is 0.351. The number of benzene rings is 1. The van der Waals surface area contributed by atoms with Gasteiger partial charge in [-0.1, -0.05) is 12.1 Å². The highest BCUT2D eigenvalue weighted by Gasteiger charge is 2.07. The summed E-state index contributed by atoms with van der Waals surface area (Å²) in [6.45, 7) is 7.16. The predicted molar refractivity (Wildman–Crippen MR) is 89.7 cm³/mol. The Labute approximate surface area is 136 Å². The first kappa shape index (κ1) is 19.1. The van der Waals surface area contributed by atoms with Gasteiger partial charge >= 0.3 is 0 Å². The maximum absolute atomic E-state index is 13.4. The van der Waals surface area contributed by atoms with Gasteiger partial charge in [-0.25, -0.2) is 8.78 Å². The number of aliphatic imine (C=N–C) groups is 1. The van der Waals surface area contributed by atoms with Gasteiger partial charge in [-0.2, -0.15) is 0 Å². The van der Waals surface area contributed by atoms with Crippen LogP contribution in [0.3, 0.4) is 0 Å². The summed E-state index contributed by atoms with van der Waals surface area (Å²) in [5, 5.41) is 6.26. The van der Waals surface area contributed by atoms with E-state index < -0.39 is 11.6 Å². The molecule has 1 rings (SSSR count). The third-order valence-electron chi connectivity index (χ3n) is 2.45. The normalized spacial score (nSPS) is 11.2. The highest BCUT2D eigenvalue weighted by atomic mass is 127. The molecule has 0 fully saturated rings. The van der Waals surface area contributed by atoms with Crippen LogP contribution in [-0.2, 0) is 6.42 Å². The number of rotatable bonds is 5. The zero-order valence-electron chi connectivity index (χ0n) is 12.0. The van der Waals surface area contributed by atoms with Crippen molar-refractivity contribution in [2.75, 3.05) is 13.1 Å². The largest absolute Gasteiger partial charge is 0.357 e. The predicted octanol–water partition coefficient (Wildman–Crippen LogP) is 3.09. The van der Waals surface area contributed by atoms with Gasteiger partial charge in [0.05, 0.1) is 0 Å². The maximum Gasteiger partial charge on any atom is 0.191 e. The summed E-state index contributed by atoms with van der Waals surface area (Å²) in [6, 6.07) is 4.47. The Bertz CT molecular complexity index is 436. The molecule has 3 nitrogen and oxygen atoms in total. The number of guanidine groups is 1. The summed E-state index contributed by atoms with van der Waals surface area (Å²) in [7, 11) is 0. The average molecular weight is 397 g/mol. The minimum absolute atomic E-state index is 0. The van der Waals surface area contributed by atoms with Gasteiger partial charge in [-0.05, 0) is 38.8 Å². The Morgan fingerprint density at radius 1 is 1.30 bits per heavy atom. The van der Waals surface area contributed by atoms with Crippen LogP contribution >= 0.6 is 24.0 Å². The second-order valence-electron chi connectivity index (χ2n) is 4.52. The molecule has 0 atom stereocenters. The van der Waals surface area contributed by atoms with E-state index in [9.17, 15) is 8.78 Å². The van der Waals surface area contributed by atoms with E-state index in [0.717, 1.165) is 12.6 Å². The smallest absolute Gasteiger partial charge is 0.191 e. The topological polar surface area (TPSA) is 36.4 Å². The van der Waals surface area contributed by atoms with Crippen molar-refractivity contribution in [2.45, 2.75) is 33.2 Å². The van der Waals surface area contributed by atoms with Gasteiger partial charge in [0.15, 0.2) is 17.6 Å². The van der Waals surface area contributed by atoms with Crippen LogP contribution in [-0.4, -0.2) is 25.1 Å². The van der Waals surface area contributed by atoms with Gasteiger partial charge in [-0.3, -0.25) is 4.99 Å². The SMILES string of the molecule is CCNC(=NCCc1cccc(F)c1F)NC(C)C.I. The third kappa shape index (κ3) is 6.49. The lowest BCUT2D eigenvalue weighted by Gasteiger charge is -2.13. The molecule has 0 saturated heterocycles. The molecule has 0 amide bonds. The summed E-state index contributed by atoms with van der Waals surface area (Å²) in [5.74, 6) is -0.900. The van der Waals surface area contributed by atoms with Crippen molar-refractivity contribution in [2.24, 2.45) is 4.99 Å². The van der Waals surface area contributed by atoms with E-state index in [4.69, 9.17) is 0 Å². The van der Waals surface area contributed by atoms with E-state index in [-0.39, 0.29) is 30.0 Å². The molecular formula is C14H22F2IN3. The van der Waals surface area contributed by atoms with E-state index in [1.807, 2.05) is 20.8 Å². The van der Waals surface area contributed by atoms with E-state index in [1.165, 1.54) is 6.07 Å². The first-order chi connectivity index (χ1) is 9.04. The van der Waals surface area contributed by atoms with Crippen molar-refractivity contribution in [3.05, 3.63) is 35.4 Å². The molecule has 0 aromatic heterocycles. The van der Waals surface area contributed by atoms with E-state index >= 15 is 0 Å². The monoisotopic (exact) mass is 397 g/mol. The number of hydrogen-bond donors (Lipinski definition) is 2. The fourth-order valence-corrected chi connectivity index (χ4v) is 1.62. The molecule has 0 saturated carbocycles. The molecule has 0 aliphatic rings. The number of hydrogen-bond acceptors (Lipinski definition) is 1. The summed E-state index contributed by atoms with van der Waals surface area (Å²) >= 11 is 0. The molecule has 0 aliphatic heterocycles. The highest BCUT2D eigenvalue weighted by molar-refractivity contribution is 14.0. The third-order valence-corrected chi connectivity index (χ3v) is 2.45. The first-order valence-electron chi connectivity index (χ1n) is 6.52. The van der Waals surface area contributed by atoms with Gasteiger partial charge in [-0.15, -0.1) is 24.0 Å². The molecule has 0 aliphatic carbocycles. The minimum Gasteiger partial charge on any atom is -0.357 e. The van der Waals surface area contributed by atoms with Gasteiger partial charge in [0, 0.05) is 19.1 Å². The van der Waals surface area contributed by atoms with Gasteiger partial charge < -0.3 is 10.6 Å². The van der Waals surface area contributed by atoms with Crippen LogP contribution in [0.25, 0.3) is 0 Å². The number of nitrogens with one attached hydrogen (secondary N) is 2. The molecule has 20 heavy (non-hydrogen) atoms. The van der Waals surface area contributed by atoms with E-state index in [2.05, 4.69) is 15.6 Å². The van der Waals surface area contributed by atoms with Crippen LogP contribution in [0.5, 0.6) is 0 Å². The van der Waals surface area contributed by atoms with Crippen molar-refractivity contribution in [1.29, 1.82) is 0 Å². The van der Waals surface area contributed by atoms with Crippen molar-refractivity contribution in [1.82, 2.24) is 10.6 Å². The molecule has 0 heterocycles. The van der Waals surface area contributed by atoms with Gasteiger partial charge in [0.25, 0.3) is 0 Å². The molecule has 114 valence electrons. The van der Waals surface area contributed by atoms with Crippen LogP contribution in [0.15, 0.2) is 23.2 Å². The van der Waals surface area contributed by atoms with Gasteiger partial charge in [0.1, 0.15) is 0 Å². The van der Waals surface area contributed by atoms with Crippen molar-refractivity contribution >= 4 is 29.9 Å². The van der Waals surface area contributed by atoms with E-state index in [1.54, 1.807) is 6.07 Å². The average Bonchev–Trinajstić information content (AvgIpc) is 2.34. The molecule has 1 aromatic rings. The number of nitrogens with zero attached hydrogens (tertiary/aromatic N) is 1. The first-order valence-corrected chi connectivity index (χ1v) is 6.52. The second kappa shape index (κ2) is 9.90. The van der Waals surface area contributed by atoms with Crippen molar-refractivity contribution in [3.8, 4) is 0 Å². The fraction of sp³-hybridized carbons (Fsp3) is 0.500. The lowest BCUT2D eigenvalue weighted by Crippen LogP contribution is -2.41. The van der Waals surface area contributed by atoms with Crippen LogP contribution in [0.1, 0.15) is 26.3 Å². The fourth-order valence-electron chi connectivity index (χ4n) is 1.62. The van der Waals surface area contributed by atoms with Crippen LogP contribution in [0.4, 0.5) is 8.78 Å². The molecule has 0 spiro atoms. The molecular weight excluding hydrogens is 375 g/mol. The summed E-state index contributed by atoms with van der Waals surface area (Å²) < 4.78 is 26.5. The Morgan fingerprint density at radius 3 is 2.60 bits per heavy atom. The molecule has 0 radical (unpaired) electrons. The Kier molecular flexibility index (Phi) is 9.45. The van der Waals surface area contributed by atoms with Crippen LogP contribution in [0.2, 0.25) is 0 Å². The number of halogens is 3. The Hall–Kier alpha value is -0.920. The standard InChI is InChI=1S/C14H21F2N3.HI/c1-4-17-14(19-10(2)3)18-9-8-11-6-5-7-12(15)13(11)16;/h5-7,10H,4,8-9H2,1-3H3,(H2,17,18,19);1H. The zero-order chi connectivity index (χ0) is 14.3. The quantitative estimate of drug-likeness (QED) is 0.455. The van der Waals surface area contributed by atoms with Crippen LogP contribution < -0.4 is 10.6 Å². The lowest BCUT2D eigenvalue weighted by molar-refractivity contribution is 0.499. The Morgan fingerprint density at radius 2 is 2.00 bits per heavy atom. The van der Waals surface area contributed by atoms with E-state index in [0.29, 0.717) is 24.5 Å². The maximum atomic E-state index is 13.4. The van der Waals surface area contributed by atoms with Gasteiger partial charge in [0.2, 0.25) is 0 Å². The Balaban J connectivity index is 0.00000361. The van der Waals surface area contributed by atoms with Crippen LogP contribution in [0, 0.1) is 11.6 Å². The molecule has 1 aromatic carbocycles. The second-order valence-corrected chi connectivity index (χ2v) is 4.52. The van der Waals surface area contributed by atoms with Crippen molar-refractivity contribution in [3.63, 3.8) is 0 Å². The highest BCUT2D eigenvalue weighted by Crippen LogP contribution is 2.11. The molecule has 0 unspecified atom stereocenters. The molecule has 2 N–H and O–H groups in total. The summed E-state index contributed by atoms with van der Waals surface area (Å²) in [6.07, 6.45) is 0.373. The lowest BCUT2D eigenvalue weighted by atomic mass is 10.1. The molecule has 0 bridgehead atoms. The zero-order valence-corrected chi connectivity index (χ0v) is 14.4. The summed E-state index contributed by atoms with van der Waals surface area (Å²) in [4.78, 5) is 4.32. The van der Waals surface area contributed by atoms with Crippen molar-refractivity contribution < 1.29 is 8.78 Å². The molecule has 6 heteroatoms. The minimum atomic E-state index is -0.811.